The summed E-state index contributed by atoms with van der Waals surface area (Å²) in [5.41, 5.74) is 6.68. The third-order valence-electron chi connectivity index (χ3n) is 2.91. The quantitative estimate of drug-likeness (QED) is 0.205. The number of aliphatic carboxylic acids is 1. The Kier molecular flexibility index (Phi) is 9.51. The summed E-state index contributed by atoms with van der Waals surface area (Å²) in [6.45, 7) is 3.28. The Morgan fingerprint density at radius 3 is 2.22 bits per heavy atom. The van der Waals surface area contributed by atoms with Crippen LogP contribution < -0.4 is 21.8 Å². The number of carboxylic acid groups (broad SMARTS) is 1. The molecule has 132 valence electrons. The first-order chi connectivity index (χ1) is 10.7. The van der Waals surface area contributed by atoms with Crippen molar-refractivity contribution in [2.75, 3.05) is 6.54 Å². The predicted molar refractivity (Wildman–Crippen MR) is 79.2 cm³/mol. The molecule has 0 unspecified atom stereocenters. The van der Waals surface area contributed by atoms with Gasteiger partial charge in [-0.15, -0.1) is 0 Å². The van der Waals surface area contributed by atoms with Gasteiger partial charge in [0.25, 0.3) is 5.91 Å². The lowest BCUT2D eigenvalue weighted by atomic mass is 10.0. The zero-order valence-corrected chi connectivity index (χ0v) is 13.2. The minimum atomic E-state index is -1.20. The van der Waals surface area contributed by atoms with Gasteiger partial charge in [0, 0.05) is 6.42 Å². The molecule has 0 aromatic heterocycles. The van der Waals surface area contributed by atoms with Crippen LogP contribution in [-0.2, 0) is 19.2 Å². The van der Waals surface area contributed by atoms with E-state index < -0.39 is 42.3 Å². The summed E-state index contributed by atoms with van der Waals surface area (Å²) in [4.78, 5) is 45.3. The number of hydrogen-bond donors (Lipinski definition) is 6. The van der Waals surface area contributed by atoms with E-state index in [1.165, 1.54) is 5.48 Å². The lowest BCUT2D eigenvalue weighted by molar-refractivity contribution is -0.139. The number of carboxylic acids is 1. The van der Waals surface area contributed by atoms with Gasteiger partial charge in [-0.05, 0) is 18.8 Å². The predicted octanol–water partition coefficient (Wildman–Crippen LogP) is -1.67. The van der Waals surface area contributed by atoms with Crippen molar-refractivity contribution in [2.24, 2.45) is 11.7 Å². The average Bonchev–Trinajstić information content (AvgIpc) is 2.48. The van der Waals surface area contributed by atoms with Crippen molar-refractivity contribution in [2.45, 2.75) is 45.2 Å². The van der Waals surface area contributed by atoms with Gasteiger partial charge in [-0.2, -0.15) is 0 Å². The van der Waals surface area contributed by atoms with E-state index in [0.29, 0.717) is 6.42 Å². The number of rotatable bonds is 10. The maximum atomic E-state index is 12.0. The van der Waals surface area contributed by atoms with E-state index in [1.54, 1.807) is 0 Å². The molecule has 0 bridgehead atoms. The highest BCUT2D eigenvalue weighted by Gasteiger charge is 2.23. The zero-order valence-electron chi connectivity index (χ0n) is 13.2. The van der Waals surface area contributed by atoms with Crippen LogP contribution >= 0.6 is 0 Å². The van der Waals surface area contributed by atoms with Gasteiger partial charge in [-0.25, -0.2) is 5.48 Å². The second kappa shape index (κ2) is 10.5. The molecule has 10 nitrogen and oxygen atoms in total. The second-order valence-electron chi connectivity index (χ2n) is 5.49. The van der Waals surface area contributed by atoms with Crippen LogP contribution in [-0.4, -0.2) is 52.6 Å². The van der Waals surface area contributed by atoms with Crippen LogP contribution in [0.1, 0.15) is 33.1 Å². The summed E-state index contributed by atoms with van der Waals surface area (Å²) in [6, 6.07) is -2.01. The van der Waals surface area contributed by atoms with Crippen molar-refractivity contribution < 1.29 is 29.5 Å². The summed E-state index contributed by atoms with van der Waals surface area (Å²) >= 11 is 0. The number of amides is 3. The number of nitrogens with one attached hydrogen (secondary N) is 3. The molecule has 0 fully saturated rings. The maximum absolute atomic E-state index is 12.0. The monoisotopic (exact) mass is 332 g/mol. The van der Waals surface area contributed by atoms with Gasteiger partial charge in [0.05, 0.1) is 6.54 Å². The van der Waals surface area contributed by atoms with Crippen LogP contribution in [0.15, 0.2) is 0 Å². The molecule has 0 saturated carbocycles. The van der Waals surface area contributed by atoms with E-state index in [9.17, 15) is 19.2 Å². The average molecular weight is 332 g/mol. The van der Waals surface area contributed by atoms with E-state index in [2.05, 4.69) is 10.6 Å². The van der Waals surface area contributed by atoms with E-state index in [1.807, 2.05) is 13.8 Å². The first-order valence-electron chi connectivity index (χ1n) is 7.15. The minimum absolute atomic E-state index is 0.0515. The van der Waals surface area contributed by atoms with Crippen molar-refractivity contribution in [1.82, 2.24) is 16.1 Å². The van der Waals surface area contributed by atoms with Gasteiger partial charge in [0.1, 0.15) is 12.1 Å². The normalized spacial score (nSPS) is 13.1. The molecule has 0 heterocycles. The van der Waals surface area contributed by atoms with Crippen LogP contribution in [0.4, 0.5) is 0 Å². The Labute approximate surface area is 133 Å². The third-order valence-corrected chi connectivity index (χ3v) is 2.91. The van der Waals surface area contributed by atoms with Crippen LogP contribution in [0, 0.1) is 5.92 Å². The Balaban J connectivity index is 4.53. The lowest BCUT2D eigenvalue weighted by Crippen LogP contribution is -2.49. The zero-order chi connectivity index (χ0) is 18.0. The second-order valence-corrected chi connectivity index (χ2v) is 5.49. The molecule has 7 N–H and O–H groups in total. The molecule has 0 spiro atoms. The summed E-state index contributed by atoms with van der Waals surface area (Å²) in [7, 11) is 0. The Morgan fingerprint density at radius 1 is 1.13 bits per heavy atom. The number of nitrogens with two attached hydrogens (primary N) is 1. The lowest BCUT2D eigenvalue weighted by Gasteiger charge is -2.20. The van der Waals surface area contributed by atoms with Crippen molar-refractivity contribution >= 4 is 23.7 Å². The number of carbonyl (C=O) groups is 4. The molecule has 0 radical (unpaired) electrons. The molecule has 0 saturated heterocycles. The summed E-state index contributed by atoms with van der Waals surface area (Å²) in [5, 5.41) is 21.8. The molecular weight excluding hydrogens is 308 g/mol. The van der Waals surface area contributed by atoms with Crippen LogP contribution in [0.3, 0.4) is 0 Å². The molecule has 3 amide bonds. The molecular formula is C13H24N4O6. The summed E-state index contributed by atoms with van der Waals surface area (Å²) < 4.78 is 0. The highest BCUT2D eigenvalue weighted by Crippen LogP contribution is 2.06. The maximum Gasteiger partial charge on any atom is 0.320 e. The molecule has 0 aliphatic rings. The molecule has 10 heteroatoms. The molecule has 0 aliphatic heterocycles. The molecule has 0 aliphatic carbocycles. The van der Waals surface area contributed by atoms with Crippen molar-refractivity contribution in [3.05, 3.63) is 0 Å². The summed E-state index contributed by atoms with van der Waals surface area (Å²) in [6.07, 6.45) is 0.153. The minimum Gasteiger partial charge on any atom is -0.480 e. The number of hydrogen-bond acceptors (Lipinski definition) is 6. The fourth-order valence-corrected chi connectivity index (χ4v) is 1.71. The highest BCUT2D eigenvalue weighted by atomic mass is 16.5. The van der Waals surface area contributed by atoms with Gasteiger partial charge in [0.15, 0.2) is 0 Å². The summed E-state index contributed by atoms with van der Waals surface area (Å²) in [5.74, 6) is -2.98. The van der Waals surface area contributed by atoms with Crippen molar-refractivity contribution in [3.63, 3.8) is 0 Å². The SMILES string of the molecule is CC(C)C[C@H](NC(=O)CC[C@H](N)C(=O)O)C(=O)NCC(=O)NO. The van der Waals surface area contributed by atoms with Gasteiger partial charge >= 0.3 is 5.97 Å². The van der Waals surface area contributed by atoms with Crippen LogP contribution in [0.2, 0.25) is 0 Å². The molecule has 0 rings (SSSR count). The molecule has 2 atom stereocenters. The smallest absolute Gasteiger partial charge is 0.320 e. The van der Waals surface area contributed by atoms with Gasteiger partial charge in [0.2, 0.25) is 11.8 Å². The van der Waals surface area contributed by atoms with Gasteiger partial charge in [-0.1, -0.05) is 13.8 Å². The van der Waals surface area contributed by atoms with Crippen molar-refractivity contribution in [1.29, 1.82) is 0 Å². The van der Waals surface area contributed by atoms with E-state index in [-0.39, 0.29) is 18.8 Å². The molecule has 0 aromatic rings. The number of carbonyl (C=O) groups excluding carboxylic acids is 3. The van der Waals surface area contributed by atoms with Gasteiger partial charge in [-0.3, -0.25) is 24.4 Å². The van der Waals surface area contributed by atoms with Crippen LogP contribution in [0.25, 0.3) is 0 Å². The van der Waals surface area contributed by atoms with Gasteiger partial charge < -0.3 is 21.5 Å². The molecule has 0 aromatic carbocycles. The van der Waals surface area contributed by atoms with Crippen molar-refractivity contribution in [3.8, 4) is 0 Å². The highest BCUT2D eigenvalue weighted by molar-refractivity contribution is 5.90. The van der Waals surface area contributed by atoms with E-state index in [4.69, 9.17) is 16.0 Å². The first-order valence-corrected chi connectivity index (χ1v) is 7.15. The van der Waals surface area contributed by atoms with Crippen LogP contribution in [0.5, 0.6) is 0 Å². The fraction of sp³-hybridized carbons (Fsp3) is 0.692. The third kappa shape index (κ3) is 9.42. The Hall–Kier alpha value is -2.20. The Bertz CT molecular complexity index is 440. The topological polar surface area (TPSA) is 171 Å². The van der Waals surface area contributed by atoms with E-state index >= 15 is 0 Å². The molecule has 23 heavy (non-hydrogen) atoms. The number of hydroxylamine groups is 1. The Morgan fingerprint density at radius 2 is 1.74 bits per heavy atom. The standard InChI is InChI=1S/C13H24N4O6/c1-7(2)5-9(12(20)15-6-11(19)17-23)16-10(18)4-3-8(14)13(21)22/h7-9,23H,3-6,14H2,1-2H3,(H,15,20)(H,16,18)(H,17,19)(H,21,22)/t8-,9-/m0/s1. The largest absolute Gasteiger partial charge is 0.480 e. The first kappa shape index (κ1) is 20.8. The van der Waals surface area contributed by atoms with E-state index in [0.717, 1.165) is 0 Å². The fourth-order valence-electron chi connectivity index (χ4n) is 1.71.